The molecule has 0 unspecified atom stereocenters. The quantitative estimate of drug-likeness (QED) is 0.484. The third-order valence-electron chi connectivity index (χ3n) is 4.29. The number of para-hydroxylation sites is 1. The molecule has 140 valence electrons. The van der Waals surface area contributed by atoms with E-state index < -0.39 is 0 Å². The first kappa shape index (κ1) is 17.8. The highest BCUT2D eigenvalue weighted by atomic mass is 16.5. The first-order valence-electron chi connectivity index (χ1n) is 9.09. The summed E-state index contributed by atoms with van der Waals surface area (Å²) in [6, 6.07) is 25.3. The van der Waals surface area contributed by atoms with Crippen LogP contribution in [0.3, 0.4) is 0 Å². The van der Waals surface area contributed by atoms with Crippen LogP contribution >= 0.6 is 0 Å². The summed E-state index contributed by atoms with van der Waals surface area (Å²) in [4.78, 5) is 7.76. The van der Waals surface area contributed by atoms with Crippen LogP contribution in [0.25, 0.3) is 11.3 Å². The number of nitrogens with zero attached hydrogens (tertiary/aromatic N) is 1. The van der Waals surface area contributed by atoms with Gasteiger partial charge in [0.25, 0.3) is 0 Å². The van der Waals surface area contributed by atoms with Crippen LogP contribution in [0.5, 0.6) is 17.2 Å². The number of imidazole rings is 1. The minimum atomic E-state index is 0.393. The maximum atomic E-state index is 5.87. The van der Waals surface area contributed by atoms with Gasteiger partial charge in [-0.25, -0.2) is 4.98 Å². The summed E-state index contributed by atoms with van der Waals surface area (Å²) in [6.45, 7) is 0.918. The minimum absolute atomic E-state index is 0.393. The van der Waals surface area contributed by atoms with Gasteiger partial charge in [0.2, 0.25) is 0 Å². The zero-order valence-electron chi connectivity index (χ0n) is 15.3. The molecule has 1 heterocycles. The molecule has 0 spiro atoms. The Balaban J connectivity index is 1.39. The van der Waals surface area contributed by atoms with Crippen molar-refractivity contribution in [2.75, 3.05) is 0 Å². The van der Waals surface area contributed by atoms with Gasteiger partial charge in [-0.2, -0.15) is 0 Å². The molecule has 0 aliphatic heterocycles. The van der Waals surface area contributed by atoms with Crippen molar-refractivity contribution < 1.29 is 9.47 Å². The second kappa shape index (κ2) is 8.41. The lowest BCUT2D eigenvalue weighted by molar-refractivity contribution is 0.297. The summed E-state index contributed by atoms with van der Waals surface area (Å²) in [6.07, 6.45) is 1.88. The summed E-state index contributed by atoms with van der Waals surface area (Å²) in [7, 11) is 0. The molecule has 4 aromatic rings. The van der Waals surface area contributed by atoms with Gasteiger partial charge >= 0.3 is 0 Å². The van der Waals surface area contributed by atoms with Gasteiger partial charge in [0.05, 0.1) is 5.69 Å². The largest absolute Gasteiger partial charge is 0.486 e. The molecule has 5 heteroatoms. The third-order valence-corrected chi connectivity index (χ3v) is 4.29. The van der Waals surface area contributed by atoms with E-state index >= 15 is 0 Å². The molecule has 0 saturated carbocycles. The van der Waals surface area contributed by atoms with Crippen molar-refractivity contribution in [3.8, 4) is 28.5 Å². The monoisotopic (exact) mass is 371 g/mol. The first-order chi connectivity index (χ1) is 13.8. The van der Waals surface area contributed by atoms with Crippen LogP contribution in [0.2, 0.25) is 0 Å². The van der Waals surface area contributed by atoms with Crippen molar-refractivity contribution in [1.29, 1.82) is 0 Å². The summed E-state index contributed by atoms with van der Waals surface area (Å²) >= 11 is 0. The molecular formula is C23H21N3O2. The molecule has 0 radical (unpaired) electrons. The van der Waals surface area contributed by atoms with Crippen LogP contribution in [-0.2, 0) is 13.2 Å². The Morgan fingerprint density at radius 3 is 2.14 bits per heavy atom. The number of aromatic nitrogens is 2. The number of aromatic amines is 1. The maximum Gasteiger partial charge on any atom is 0.146 e. The smallest absolute Gasteiger partial charge is 0.146 e. The highest BCUT2D eigenvalue weighted by Crippen LogP contribution is 2.25. The first-order valence-corrected chi connectivity index (χ1v) is 9.09. The van der Waals surface area contributed by atoms with Crippen molar-refractivity contribution in [1.82, 2.24) is 9.97 Å². The van der Waals surface area contributed by atoms with Gasteiger partial charge in [-0.15, -0.1) is 0 Å². The summed E-state index contributed by atoms with van der Waals surface area (Å²) < 4.78 is 11.6. The number of benzene rings is 3. The van der Waals surface area contributed by atoms with Crippen molar-refractivity contribution in [2.24, 2.45) is 5.73 Å². The zero-order valence-corrected chi connectivity index (χ0v) is 15.3. The Bertz CT molecular complexity index is 1010. The minimum Gasteiger partial charge on any atom is -0.486 e. The topological polar surface area (TPSA) is 73.2 Å². The van der Waals surface area contributed by atoms with Gasteiger partial charge in [0.1, 0.15) is 29.7 Å². The van der Waals surface area contributed by atoms with E-state index in [-0.39, 0.29) is 0 Å². The van der Waals surface area contributed by atoms with Gasteiger partial charge < -0.3 is 20.2 Å². The molecule has 0 aliphatic rings. The summed E-state index contributed by atoms with van der Waals surface area (Å²) in [5, 5.41) is 0. The molecule has 5 nitrogen and oxygen atoms in total. The molecule has 28 heavy (non-hydrogen) atoms. The van der Waals surface area contributed by atoms with Crippen molar-refractivity contribution >= 4 is 0 Å². The van der Waals surface area contributed by atoms with E-state index in [2.05, 4.69) is 9.97 Å². The summed E-state index contributed by atoms with van der Waals surface area (Å²) in [5.74, 6) is 3.15. The number of rotatable bonds is 7. The lowest BCUT2D eigenvalue weighted by Crippen LogP contribution is -1.97. The molecule has 3 aromatic carbocycles. The SMILES string of the molecule is NCc1ccc(Oc2ccc(-c3c[nH]c(COc4ccccc4)n3)cc2)cc1. The van der Waals surface area contributed by atoms with E-state index in [1.807, 2.05) is 85.1 Å². The Morgan fingerprint density at radius 2 is 1.46 bits per heavy atom. The number of hydrogen-bond donors (Lipinski definition) is 2. The number of hydrogen-bond acceptors (Lipinski definition) is 4. The third kappa shape index (κ3) is 4.39. The molecular weight excluding hydrogens is 350 g/mol. The second-order valence-electron chi connectivity index (χ2n) is 6.31. The molecule has 0 amide bonds. The normalized spacial score (nSPS) is 10.6. The van der Waals surface area contributed by atoms with Crippen molar-refractivity contribution in [3.05, 3.63) is 96.4 Å². The molecule has 0 fully saturated rings. The Hall–Kier alpha value is -3.57. The number of H-pyrrole nitrogens is 1. The highest BCUT2D eigenvalue weighted by Gasteiger charge is 2.06. The predicted molar refractivity (Wildman–Crippen MR) is 109 cm³/mol. The molecule has 3 N–H and O–H groups in total. The molecule has 0 saturated heterocycles. The van der Waals surface area contributed by atoms with E-state index in [4.69, 9.17) is 15.2 Å². The van der Waals surface area contributed by atoms with Crippen molar-refractivity contribution in [3.63, 3.8) is 0 Å². The van der Waals surface area contributed by atoms with E-state index in [1.54, 1.807) is 0 Å². The zero-order chi connectivity index (χ0) is 19.2. The van der Waals surface area contributed by atoms with Gasteiger partial charge in [-0.3, -0.25) is 0 Å². The van der Waals surface area contributed by atoms with Crippen LogP contribution in [0.1, 0.15) is 11.4 Å². The van der Waals surface area contributed by atoms with Gasteiger partial charge in [-0.1, -0.05) is 30.3 Å². The average Bonchev–Trinajstić information content (AvgIpc) is 3.23. The van der Waals surface area contributed by atoms with Crippen LogP contribution in [0.4, 0.5) is 0 Å². The molecule has 0 atom stereocenters. The van der Waals surface area contributed by atoms with Gasteiger partial charge in [0, 0.05) is 18.3 Å². The Morgan fingerprint density at radius 1 is 0.786 bits per heavy atom. The maximum absolute atomic E-state index is 5.87. The lowest BCUT2D eigenvalue weighted by atomic mass is 10.1. The van der Waals surface area contributed by atoms with E-state index in [0.29, 0.717) is 13.2 Å². The molecule has 4 rings (SSSR count). The molecule has 1 aromatic heterocycles. The predicted octanol–water partition coefficient (Wildman–Crippen LogP) is 4.91. The molecule has 0 aliphatic carbocycles. The van der Waals surface area contributed by atoms with E-state index in [0.717, 1.165) is 39.9 Å². The second-order valence-corrected chi connectivity index (χ2v) is 6.31. The van der Waals surface area contributed by atoms with Crippen LogP contribution < -0.4 is 15.2 Å². The molecule has 0 bridgehead atoms. The van der Waals surface area contributed by atoms with Gasteiger partial charge in [-0.05, 0) is 54.1 Å². The summed E-state index contributed by atoms with van der Waals surface area (Å²) in [5.41, 5.74) is 8.57. The van der Waals surface area contributed by atoms with Crippen LogP contribution in [-0.4, -0.2) is 9.97 Å². The Kier molecular flexibility index (Phi) is 5.36. The van der Waals surface area contributed by atoms with Crippen LogP contribution in [0, 0.1) is 0 Å². The van der Waals surface area contributed by atoms with Crippen molar-refractivity contribution in [2.45, 2.75) is 13.2 Å². The fourth-order valence-electron chi connectivity index (χ4n) is 2.78. The number of nitrogens with two attached hydrogens (primary N) is 1. The van der Waals surface area contributed by atoms with Gasteiger partial charge in [0.15, 0.2) is 0 Å². The standard InChI is InChI=1S/C23H21N3O2/c24-14-17-6-10-20(11-7-17)28-21-12-8-18(9-13-21)22-15-25-23(26-22)16-27-19-4-2-1-3-5-19/h1-13,15H,14,16,24H2,(H,25,26). The number of nitrogens with one attached hydrogen (secondary N) is 1. The number of ether oxygens (including phenoxy) is 2. The lowest BCUT2D eigenvalue weighted by Gasteiger charge is -2.07. The fraction of sp³-hybridized carbons (Fsp3) is 0.0870. The van der Waals surface area contributed by atoms with Crippen LogP contribution in [0.15, 0.2) is 85.1 Å². The fourth-order valence-corrected chi connectivity index (χ4v) is 2.78. The highest BCUT2D eigenvalue weighted by molar-refractivity contribution is 5.59. The Labute approximate surface area is 163 Å². The average molecular weight is 371 g/mol. The van der Waals surface area contributed by atoms with E-state index in [9.17, 15) is 0 Å². The van der Waals surface area contributed by atoms with E-state index in [1.165, 1.54) is 0 Å².